The average Bonchev–Trinajstić information content (AvgIpc) is 2.92. The summed E-state index contributed by atoms with van der Waals surface area (Å²) in [7, 11) is 1.21. The first-order chi connectivity index (χ1) is 18.0. The molecule has 190 valence electrons. The van der Waals surface area contributed by atoms with Crippen LogP contribution < -0.4 is 15.4 Å². The summed E-state index contributed by atoms with van der Waals surface area (Å²) in [5.74, 6) is -2.60. The van der Waals surface area contributed by atoms with Crippen molar-refractivity contribution in [2.24, 2.45) is 0 Å². The lowest BCUT2D eigenvalue weighted by atomic mass is 9.98. The van der Waals surface area contributed by atoms with Crippen molar-refractivity contribution in [3.63, 3.8) is 0 Å². The summed E-state index contributed by atoms with van der Waals surface area (Å²) in [6.07, 6.45) is 1.87. The third kappa shape index (κ3) is 5.37. The maximum atomic E-state index is 14.0. The topological polar surface area (TPSA) is 75.7 Å². The molecule has 7 nitrogen and oxygen atoms in total. The van der Waals surface area contributed by atoms with Gasteiger partial charge in [0.25, 0.3) is 0 Å². The zero-order chi connectivity index (χ0) is 25.8. The molecule has 2 amide bonds. The predicted molar refractivity (Wildman–Crippen MR) is 139 cm³/mol. The van der Waals surface area contributed by atoms with Crippen LogP contribution >= 0.6 is 0 Å². The number of morpholine rings is 1. The summed E-state index contributed by atoms with van der Waals surface area (Å²) in [5, 5.41) is 7.09. The number of ether oxygens (including phenoxy) is 2. The molecule has 0 spiro atoms. The Morgan fingerprint density at radius 3 is 2.43 bits per heavy atom. The van der Waals surface area contributed by atoms with E-state index in [1.165, 1.54) is 13.2 Å². The van der Waals surface area contributed by atoms with E-state index in [-0.39, 0.29) is 11.4 Å². The molecule has 0 bridgehead atoms. The Bertz CT molecular complexity index is 1420. The molecule has 1 fully saturated rings. The number of amides is 2. The van der Waals surface area contributed by atoms with E-state index in [9.17, 15) is 13.6 Å². The van der Waals surface area contributed by atoms with Crippen LogP contribution in [0.2, 0.25) is 0 Å². The van der Waals surface area contributed by atoms with E-state index in [0.29, 0.717) is 5.69 Å². The number of aromatic nitrogens is 1. The van der Waals surface area contributed by atoms with Crippen molar-refractivity contribution in [2.75, 3.05) is 44.0 Å². The van der Waals surface area contributed by atoms with Crippen molar-refractivity contribution in [3.05, 3.63) is 84.2 Å². The molecule has 2 N–H and O–H groups in total. The van der Waals surface area contributed by atoms with Gasteiger partial charge in [0, 0.05) is 36.8 Å². The Morgan fingerprint density at radius 2 is 1.70 bits per heavy atom. The summed E-state index contributed by atoms with van der Waals surface area (Å²) in [6.45, 7) is 4.08. The Morgan fingerprint density at radius 1 is 0.973 bits per heavy atom. The molecule has 1 aliphatic rings. The van der Waals surface area contributed by atoms with Crippen LogP contribution in [0.1, 0.15) is 5.69 Å². The lowest BCUT2D eigenvalue weighted by molar-refractivity contribution is 0.0336. The number of carbonyl (C=O) groups is 1. The smallest absolute Gasteiger partial charge is 0.323 e. The van der Waals surface area contributed by atoms with Gasteiger partial charge in [0.1, 0.15) is 0 Å². The first-order valence-electron chi connectivity index (χ1n) is 11.9. The van der Waals surface area contributed by atoms with Crippen molar-refractivity contribution in [1.82, 2.24) is 9.88 Å². The van der Waals surface area contributed by atoms with Crippen LogP contribution in [0.15, 0.2) is 66.9 Å². The first-order valence-corrected chi connectivity index (χ1v) is 11.9. The van der Waals surface area contributed by atoms with Crippen LogP contribution in [0.3, 0.4) is 0 Å². The van der Waals surface area contributed by atoms with Crippen LogP contribution in [0, 0.1) is 11.6 Å². The lowest BCUT2D eigenvalue weighted by Gasteiger charge is -2.26. The molecule has 3 aromatic carbocycles. The van der Waals surface area contributed by atoms with Crippen molar-refractivity contribution in [2.45, 2.75) is 6.54 Å². The highest BCUT2D eigenvalue weighted by atomic mass is 19.2. The summed E-state index contributed by atoms with van der Waals surface area (Å²) < 4.78 is 37.9. The van der Waals surface area contributed by atoms with E-state index < -0.39 is 17.7 Å². The number of pyridine rings is 1. The van der Waals surface area contributed by atoms with Crippen LogP contribution in [-0.4, -0.2) is 49.3 Å². The molecule has 9 heteroatoms. The van der Waals surface area contributed by atoms with Gasteiger partial charge in [-0.05, 0) is 35.2 Å². The normalized spacial score (nSPS) is 13.9. The standard InChI is InChI=1S/C28H26F2N4O3/c1-36-27-25(11-9-23(29)26(27)30)33-28(35)32-24-10-8-20(21-4-2-3-5-22(21)24)18-6-7-19(31-16-18)17-34-12-14-37-15-13-34/h2-11,16H,12-15,17H2,1H3,(H2,32,33,35). The number of anilines is 2. The number of rotatable bonds is 6. The predicted octanol–water partition coefficient (Wildman–Crippen LogP) is 5.66. The Labute approximate surface area is 213 Å². The SMILES string of the molecule is COc1c(NC(=O)Nc2ccc(-c3ccc(CN4CCOCC4)nc3)c3ccccc23)ccc(F)c1F. The number of benzene rings is 3. The quantitative estimate of drug-likeness (QED) is 0.354. The molecule has 0 unspecified atom stereocenters. The molecule has 5 rings (SSSR count). The Balaban J connectivity index is 1.36. The van der Waals surface area contributed by atoms with E-state index in [2.05, 4.69) is 26.6 Å². The van der Waals surface area contributed by atoms with Gasteiger partial charge < -0.3 is 20.1 Å². The number of hydrogen-bond acceptors (Lipinski definition) is 5. The Kier molecular flexibility index (Phi) is 7.25. The minimum Gasteiger partial charge on any atom is -0.491 e. The number of nitrogens with zero attached hydrogens (tertiary/aromatic N) is 2. The second-order valence-electron chi connectivity index (χ2n) is 8.65. The number of halogens is 2. The summed E-state index contributed by atoms with van der Waals surface area (Å²) in [6, 6.07) is 17.1. The second kappa shape index (κ2) is 10.9. The van der Waals surface area contributed by atoms with Gasteiger partial charge in [-0.25, -0.2) is 9.18 Å². The van der Waals surface area contributed by atoms with E-state index in [0.717, 1.165) is 66.5 Å². The van der Waals surface area contributed by atoms with E-state index >= 15 is 0 Å². The number of nitrogens with one attached hydrogen (secondary N) is 2. The van der Waals surface area contributed by atoms with Crippen LogP contribution in [0.4, 0.5) is 25.0 Å². The largest absolute Gasteiger partial charge is 0.491 e. The molecule has 1 aliphatic heterocycles. The molecule has 1 aromatic heterocycles. The average molecular weight is 505 g/mol. The molecule has 2 heterocycles. The van der Waals surface area contributed by atoms with Gasteiger partial charge in [-0.2, -0.15) is 4.39 Å². The second-order valence-corrected chi connectivity index (χ2v) is 8.65. The lowest BCUT2D eigenvalue weighted by Crippen LogP contribution is -2.35. The van der Waals surface area contributed by atoms with E-state index in [1.54, 1.807) is 6.07 Å². The maximum absolute atomic E-state index is 14.0. The third-order valence-electron chi connectivity index (χ3n) is 6.30. The van der Waals surface area contributed by atoms with Gasteiger partial charge >= 0.3 is 6.03 Å². The van der Waals surface area contributed by atoms with Crippen molar-refractivity contribution >= 4 is 28.2 Å². The monoisotopic (exact) mass is 504 g/mol. The van der Waals surface area contributed by atoms with Crippen molar-refractivity contribution < 1.29 is 23.0 Å². The zero-order valence-electron chi connectivity index (χ0n) is 20.3. The molecular formula is C28H26F2N4O3. The van der Waals surface area contributed by atoms with Crippen LogP contribution in [0.25, 0.3) is 21.9 Å². The molecule has 1 saturated heterocycles. The van der Waals surface area contributed by atoms with Crippen molar-refractivity contribution in [3.8, 4) is 16.9 Å². The van der Waals surface area contributed by atoms with Crippen LogP contribution in [-0.2, 0) is 11.3 Å². The first kappa shape index (κ1) is 24.6. The minimum absolute atomic E-state index is 0.0167. The zero-order valence-corrected chi connectivity index (χ0v) is 20.3. The van der Waals surface area contributed by atoms with Crippen LogP contribution in [0.5, 0.6) is 5.75 Å². The van der Waals surface area contributed by atoms with E-state index in [1.807, 2.05) is 42.6 Å². The third-order valence-corrected chi connectivity index (χ3v) is 6.30. The molecular weight excluding hydrogens is 478 g/mol. The number of hydrogen-bond donors (Lipinski definition) is 2. The van der Waals surface area contributed by atoms with Gasteiger partial charge in [-0.3, -0.25) is 9.88 Å². The van der Waals surface area contributed by atoms with Gasteiger partial charge in [-0.1, -0.05) is 36.4 Å². The molecule has 0 radical (unpaired) electrons. The molecule has 0 saturated carbocycles. The number of fused-ring (bicyclic) bond motifs is 1. The van der Waals surface area contributed by atoms with E-state index in [4.69, 9.17) is 9.47 Å². The Hall–Kier alpha value is -4.08. The van der Waals surface area contributed by atoms with Crippen molar-refractivity contribution in [1.29, 1.82) is 0 Å². The fourth-order valence-corrected chi connectivity index (χ4v) is 4.43. The molecule has 37 heavy (non-hydrogen) atoms. The fraction of sp³-hybridized carbons (Fsp3) is 0.214. The highest BCUT2D eigenvalue weighted by Crippen LogP contribution is 2.34. The van der Waals surface area contributed by atoms with Gasteiger partial charge in [0.2, 0.25) is 5.82 Å². The highest BCUT2D eigenvalue weighted by molar-refractivity contribution is 6.10. The summed E-state index contributed by atoms with van der Waals surface area (Å²) in [4.78, 5) is 19.7. The molecule has 0 atom stereocenters. The molecule has 4 aromatic rings. The number of carbonyl (C=O) groups excluding carboxylic acids is 1. The molecule has 0 aliphatic carbocycles. The number of methoxy groups -OCH3 is 1. The minimum atomic E-state index is -1.17. The summed E-state index contributed by atoms with van der Waals surface area (Å²) >= 11 is 0. The van der Waals surface area contributed by atoms with Gasteiger partial charge in [-0.15, -0.1) is 0 Å². The number of urea groups is 1. The fourth-order valence-electron chi connectivity index (χ4n) is 4.43. The van der Waals surface area contributed by atoms with Gasteiger partial charge in [0.15, 0.2) is 11.6 Å². The summed E-state index contributed by atoms with van der Waals surface area (Å²) in [5.41, 5.74) is 3.52. The maximum Gasteiger partial charge on any atom is 0.323 e. The highest BCUT2D eigenvalue weighted by Gasteiger charge is 2.17. The van der Waals surface area contributed by atoms with Gasteiger partial charge in [0.05, 0.1) is 37.4 Å².